The Morgan fingerprint density at radius 1 is 0.500 bits per heavy atom. The Labute approximate surface area is 323 Å². The first kappa shape index (κ1) is 35.0. The molecule has 2 bridgehead atoms. The molecule has 1 unspecified atom stereocenters. The first-order valence-corrected chi connectivity index (χ1v) is 20.4. The highest BCUT2D eigenvalue weighted by Crippen LogP contribution is 2.45. The second kappa shape index (κ2) is 14.5. The second-order valence-corrected chi connectivity index (χ2v) is 16.7. The van der Waals surface area contributed by atoms with Gasteiger partial charge in [-0.1, -0.05) is 153 Å². The van der Waals surface area contributed by atoms with Gasteiger partial charge >= 0.3 is 0 Å². The molecule has 6 aromatic rings. The van der Waals surface area contributed by atoms with Crippen molar-refractivity contribution in [3.8, 4) is 44.5 Å². The van der Waals surface area contributed by atoms with Crippen LogP contribution in [0.1, 0.15) is 61.8 Å². The minimum atomic E-state index is 0.00154. The largest absolute Gasteiger partial charge is 0.304 e. The van der Waals surface area contributed by atoms with Gasteiger partial charge in [0.2, 0.25) is 0 Å². The lowest BCUT2D eigenvalue weighted by Gasteiger charge is -2.52. The van der Waals surface area contributed by atoms with Gasteiger partial charge in [0.1, 0.15) is 0 Å². The van der Waals surface area contributed by atoms with E-state index in [2.05, 4.69) is 176 Å². The fourth-order valence-corrected chi connectivity index (χ4v) is 10.2. The number of rotatable bonds is 8. The van der Waals surface area contributed by atoms with Crippen LogP contribution in [-0.2, 0) is 10.8 Å². The van der Waals surface area contributed by atoms with Gasteiger partial charge in [0.25, 0.3) is 0 Å². The third-order valence-corrected chi connectivity index (χ3v) is 13.7. The van der Waals surface area contributed by atoms with E-state index in [1.807, 2.05) is 0 Å². The molecule has 2 nitrogen and oxygen atoms in total. The summed E-state index contributed by atoms with van der Waals surface area (Å²) in [5.41, 5.74) is 16.1. The molecule has 10 rings (SSSR count). The van der Waals surface area contributed by atoms with Crippen molar-refractivity contribution in [3.63, 3.8) is 0 Å². The Morgan fingerprint density at radius 2 is 0.907 bits per heavy atom. The number of hydrogen-bond acceptors (Lipinski definition) is 2. The van der Waals surface area contributed by atoms with Crippen LogP contribution in [0, 0.1) is 12.8 Å². The lowest BCUT2D eigenvalue weighted by Crippen LogP contribution is -2.55. The standard InChI is InChI=1S/C52H54N2/c1-4-53-33-29-52(30-34-53,49-23-17-41(18-24-49)45-9-5-7-43(35-45)39-13-11-38(2)12-14-39)50-25-19-42(20-26-50)46-10-6-8-44(36-46)40-15-21-47(22-16-40)51(3)37-54-31-27-48(51)28-32-54/h5-26,35-36,48H,4,27-34,37H2,1-3H3. The molecular weight excluding hydrogens is 653 g/mol. The molecule has 0 amide bonds. The minimum Gasteiger partial charge on any atom is -0.304 e. The highest BCUT2D eigenvalue weighted by molar-refractivity contribution is 5.75. The number of nitrogens with zero attached hydrogens (tertiary/aromatic N) is 2. The van der Waals surface area contributed by atoms with Crippen LogP contribution in [0.15, 0.2) is 146 Å². The van der Waals surface area contributed by atoms with Crippen LogP contribution in [0.5, 0.6) is 0 Å². The summed E-state index contributed by atoms with van der Waals surface area (Å²) in [5.74, 6) is 0.810. The van der Waals surface area contributed by atoms with Gasteiger partial charge in [-0.15, -0.1) is 0 Å². The molecule has 0 radical (unpaired) electrons. The summed E-state index contributed by atoms with van der Waals surface area (Å²) in [6.45, 7) is 14.1. The van der Waals surface area contributed by atoms with E-state index in [-0.39, 0.29) is 10.8 Å². The molecule has 0 saturated carbocycles. The smallest absolute Gasteiger partial charge is 0.0227 e. The van der Waals surface area contributed by atoms with Crippen LogP contribution in [0.3, 0.4) is 0 Å². The van der Waals surface area contributed by atoms with E-state index in [4.69, 9.17) is 0 Å². The SMILES string of the molecule is CCN1CCC(c2ccc(-c3cccc(-c4ccc(C)cc4)c3)cc2)(c2ccc(-c3cccc(-c4ccc(C5(C)CN6CCC5CC6)cc4)c3)cc2)CC1. The average molecular weight is 707 g/mol. The fraction of sp³-hybridized carbons (Fsp3) is 0.308. The van der Waals surface area contributed by atoms with Crippen LogP contribution in [0.25, 0.3) is 44.5 Å². The molecule has 4 aliphatic heterocycles. The van der Waals surface area contributed by atoms with E-state index >= 15 is 0 Å². The second-order valence-electron chi connectivity index (χ2n) is 16.7. The highest BCUT2D eigenvalue weighted by atomic mass is 15.2. The monoisotopic (exact) mass is 706 g/mol. The Balaban J connectivity index is 0.970. The molecule has 4 fully saturated rings. The summed E-state index contributed by atoms with van der Waals surface area (Å²) in [4.78, 5) is 5.27. The molecule has 1 atom stereocenters. The third-order valence-electron chi connectivity index (χ3n) is 13.7. The van der Waals surface area contributed by atoms with Gasteiger partial charge in [-0.05, 0) is 145 Å². The summed E-state index contributed by atoms with van der Waals surface area (Å²) < 4.78 is 0. The van der Waals surface area contributed by atoms with Crippen LogP contribution in [0.4, 0.5) is 0 Å². The van der Waals surface area contributed by atoms with E-state index in [0.29, 0.717) is 0 Å². The average Bonchev–Trinajstić information content (AvgIpc) is 3.24. The van der Waals surface area contributed by atoms with E-state index in [1.165, 1.54) is 99.2 Å². The normalized spacial score (nSPS) is 22.3. The van der Waals surface area contributed by atoms with Crippen molar-refractivity contribution < 1.29 is 0 Å². The first-order chi connectivity index (χ1) is 26.4. The Hall–Kier alpha value is -4.76. The molecule has 0 aromatic heterocycles. The maximum absolute atomic E-state index is 2.67. The summed E-state index contributed by atoms with van der Waals surface area (Å²) in [6.07, 6.45) is 4.94. The summed E-state index contributed by atoms with van der Waals surface area (Å²) in [6, 6.07) is 55.6. The van der Waals surface area contributed by atoms with E-state index in [9.17, 15) is 0 Å². The van der Waals surface area contributed by atoms with Gasteiger partial charge in [-0.2, -0.15) is 0 Å². The van der Waals surface area contributed by atoms with E-state index in [0.717, 1.165) is 38.4 Å². The summed E-state index contributed by atoms with van der Waals surface area (Å²) in [7, 11) is 0. The molecule has 4 aliphatic rings. The molecule has 54 heavy (non-hydrogen) atoms. The van der Waals surface area contributed by atoms with Crippen molar-refractivity contribution in [1.82, 2.24) is 9.80 Å². The predicted molar refractivity (Wildman–Crippen MR) is 228 cm³/mol. The lowest BCUT2D eigenvalue weighted by molar-refractivity contribution is 0.0336. The molecule has 0 N–H and O–H groups in total. The number of piperidine rings is 4. The Bertz CT molecular complexity index is 2200. The van der Waals surface area contributed by atoms with Crippen molar-refractivity contribution in [3.05, 3.63) is 168 Å². The van der Waals surface area contributed by atoms with Crippen LogP contribution in [-0.4, -0.2) is 49.1 Å². The number of benzene rings is 6. The zero-order valence-corrected chi connectivity index (χ0v) is 32.4. The third kappa shape index (κ3) is 6.54. The quantitative estimate of drug-likeness (QED) is 0.155. The van der Waals surface area contributed by atoms with Crippen molar-refractivity contribution in [2.45, 2.75) is 57.3 Å². The topological polar surface area (TPSA) is 6.48 Å². The molecule has 0 spiro atoms. The van der Waals surface area contributed by atoms with Crippen LogP contribution >= 0.6 is 0 Å². The molecule has 4 heterocycles. The summed E-state index contributed by atoms with van der Waals surface area (Å²) in [5, 5.41) is 0. The van der Waals surface area contributed by atoms with Crippen LogP contribution < -0.4 is 0 Å². The first-order valence-electron chi connectivity index (χ1n) is 20.4. The van der Waals surface area contributed by atoms with Gasteiger partial charge in [-0.25, -0.2) is 0 Å². The fourth-order valence-electron chi connectivity index (χ4n) is 10.2. The van der Waals surface area contributed by atoms with Gasteiger partial charge in [0, 0.05) is 17.4 Å². The number of likely N-dealkylation sites (tertiary alicyclic amines) is 1. The zero-order valence-electron chi connectivity index (χ0n) is 32.4. The van der Waals surface area contributed by atoms with Crippen molar-refractivity contribution in [2.75, 3.05) is 39.3 Å². The Kier molecular flexibility index (Phi) is 9.37. The van der Waals surface area contributed by atoms with Gasteiger partial charge in [0.05, 0.1) is 0 Å². The van der Waals surface area contributed by atoms with E-state index in [1.54, 1.807) is 0 Å². The highest BCUT2D eigenvalue weighted by Gasteiger charge is 2.44. The molecule has 2 heteroatoms. The van der Waals surface area contributed by atoms with E-state index < -0.39 is 0 Å². The van der Waals surface area contributed by atoms with Crippen molar-refractivity contribution in [1.29, 1.82) is 0 Å². The number of hydrogen-bond donors (Lipinski definition) is 0. The molecule has 0 aliphatic carbocycles. The maximum Gasteiger partial charge on any atom is 0.0227 e. The zero-order chi connectivity index (χ0) is 36.7. The lowest BCUT2D eigenvalue weighted by atomic mass is 9.64. The van der Waals surface area contributed by atoms with Gasteiger partial charge < -0.3 is 9.80 Å². The maximum atomic E-state index is 2.67. The van der Waals surface area contributed by atoms with Crippen LogP contribution in [0.2, 0.25) is 0 Å². The molecule has 6 aromatic carbocycles. The molecule has 4 saturated heterocycles. The minimum absolute atomic E-state index is 0.00154. The van der Waals surface area contributed by atoms with Gasteiger partial charge in [0.15, 0.2) is 0 Å². The predicted octanol–water partition coefficient (Wildman–Crippen LogP) is 12.0. The van der Waals surface area contributed by atoms with Crippen molar-refractivity contribution >= 4 is 0 Å². The number of aryl methyl sites for hydroxylation is 1. The molecular formula is C52H54N2. The summed E-state index contributed by atoms with van der Waals surface area (Å²) >= 11 is 0. The molecule has 272 valence electrons. The van der Waals surface area contributed by atoms with Crippen molar-refractivity contribution in [2.24, 2.45) is 5.92 Å². The number of fused-ring (bicyclic) bond motifs is 3. The Morgan fingerprint density at radius 3 is 1.30 bits per heavy atom. The van der Waals surface area contributed by atoms with Gasteiger partial charge in [-0.3, -0.25) is 0 Å².